The molecule has 14 heteroatoms. The standard InChI is InChI=1S/2C18H22ClN3O3/c1-17(16(23)25-2)8-7-14(9-13-3-5-15(19)6-4-13)18(17,24)10-22-12-20-11-21-22;1-16(9-13-3-5-14(19)6-4-13)7-8-17(2,15(23)24)18(16,25)10-22-12-20-11-21-22/h3-6,11-12,14,24H,7-10H2,1-2H3;3-6,11-12,25H,7-10H2,1-2H3,(H,23,24). The number of esters is 1. The predicted octanol–water partition coefficient (Wildman–Crippen LogP) is 5.29. The minimum Gasteiger partial charge on any atom is -0.481 e. The van der Waals surface area contributed by atoms with Crippen molar-refractivity contribution in [2.45, 2.75) is 83.6 Å². The van der Waals surface area contributed by atoms with Crippen molar-refractivity contribution in [1.29, 1.82) is 0 Å². The second-order valence-electron chi connectivity index (χ2n) is 14.4. The topological polar surface area (TPSA) is 165 Å². The molecule has 2 aliphatic carbocycles. The smallest absolute Gasteiger partial charge is 0.314 e. The Morgan fingerprint density at radius 2 is 1.36 bits per heavy atom. The average Bonchev–Trinajstić information content (AvgIpc) is 3.88. The van der Waals surface area contributed by atoms with Gasteiger partial charge in [0.1, 0.15) is 36.5 Å². The number of ether oxygens (including phenoxy) is 1. The molecule has 2 aliphatic rings. The summed E-state index contributed by atoms with van der Waals surface area (Å²) in [7, 11) is 1.36. The average molecular weight is 728 g/mol. The Kier molecular flexibility index (Phi) is 10.8. The third-order valence-corrected chi connectivity index (χ3v) is 12.0. The van der Waals surface area contributed by atoms with Gasteiger partial charge in [-0.3, -0.25) is 19.0 Å². The zero-order valence-corrected chi connectivity index (χ0v) is 30.2. The van der Waals surface area contributed by atoms with Crippen LogP contribution in [0.3, 0.4) is 0 Å². The van der Waals surface area contributed by atoms with Crippen molar-refractivity contribution in [3.8, 4) is 0 Å². The lowest BCUT2D eigenvalue weighted by Crippen LogP contribution is -2.58. The van der Waals surface area contributed by atoms with Crippen LogP contribution in [0.25, 0.3) is 0 Å². The highest BCUT2D eigenvalue weighted by Crippen LogP contribution is 2.59. The Morgan fingerprint density at radius 1 is 0.820 bits per heavy atom. The molecule has 0 saturated heterocycles. The molecule has 50 heavy (non-hydrogen) atoms. The van der Waals surface area contributed by atoms with Crippen LogP contribution in [0.4, 0.5) is 0 Å². The summed E-state index contributed by atoms with van der Waals surface area (Å²) in [6.07, 6.45) is 9.33. The summed E-state index contributed by atoms with van der Waals surface area (Å²) in [6, 6.07) is 15.0. The fourth-order valence-corrected chi connectivity index (χ4v) is 8.26. The predicted molar refractivity (Wildman–Crippen MR) is 186 cm³/mol. The number of carboxylic acids is 1. The number of carboxylic acid groups (broad SMARTS) is 1. The summed E-state index contributed by atoms with van der Waals surface area (Å²) in [6.45, 7) is 5.63. The van der Waals surface area contributed by atoms with E-state index in [0.29, 0.717) is 42.1 Å². The first-order valence-corrected chi connectivity index (χ1v) is 17.2. The molecule has 0 radical (unpaired) electrons. The molecule has 0 spiro atoms. The van der Waals surface area contributed by atoms with Crippen LogP contribution < -0.4 is 0 Å². The van der Waals surface area contributed by atoms with Crippen molar-refractivity contribution in [1.82, 2.24) is 29.5 Å². The van der Waals surface area contributed by atoms with E-state index in [-0.39, 0.29) is 19.0 Å². The lowest BCUT2D eigenvalue weighted by atomic mass is 9.64. The number of carbonyl (C=O) groups is 2. The zero-order valence-electron chi connectivity index (χ0n) is 28.7. The SMILES string of the molecule is CC1(Cc2ccc(Cl)cc2)CCC(C)(C(=O)O)C1(O)Cn1cncn1.COC(=O)C1(C)CCC(Cc2ccc(Cl)cc2)C1(O)Cn1cncn1. The number of nitrogens with zero attached hydrogens (tertiary/aromatic N) is 6. The van der Waals surface area contributed by atoms with E-state index < -0.39 is 39.4 Å². The molecule has 2 aromatic carbocycles. The van der Waals surface area contributed by atoms with Crippen LogP contribution in [0.1, 0.15) is 57.6 Å². The van der Waals surface area contributed by atoms with E-state index in [2.05, 4.69) is 20.2 Å². The molecule has 2 fully saturated rings. The Hall–Kier alpha value is -3.84. The Balaban J connectivity index is 0.000000194. The molecule has 2 aromatic heterocycles. The third-order valence-electron chi connectivity index (χ3n) is 11.4. The maximum Gasteiger partial charge on any atom is 0.314 e. The number of aliphatic carboxylic acids is 1. The van der Waals surface area contributed by atoms with E-state index in [4.69, 9.17) is 27.9 Å². The molecule has 6 unspecified atom stereocenters. The molecule has 2 heterocycles. The number of carbonyl (C=O) groups excluding carboxylic acids is 1. The van der Waals surface area contributed by atoms with E-state index in [1.807, 2.05) is 55.5 Å². The molecule has 6 rings (SSSR count). The van der Waals surface area contributed by atoms with E-state index in [1.165, 1.54) is 30.8 Å². The number of aromatic nitrogens is 6. The van der Waals surface area contributed by atoms with Crippen molar-refractivity contribution in [2.24, 2.45) is 22.2 Å². The third kappa shape index (κ3) is 6.90. The van der Waals surface area contributed by atoms with E-state index in [1.54, 1.807) is 24.9 Å². The van der Waals surface area contributed by atoms with E-state index >= 15 is 0 Å². The molecule has 4 aromatic rings. The van der Waals surface area contributed by atoms with E-state index in [9.17, 15) is 24.9 Å². The number of rotatable bonds is 10. The zero-order chi connectivity index (χ0) is 36.4. The fraction of sp³-hybridized carbons (Fsp3) is 0.500. The number of hydrogen-bond donors (Lipinski definition) is 3. The van der Waals surface area contributed by atoms with Gasteiger partial charge in [-0.1, -0.05) is 54.4 Å². The molecule has 3 N–H and O–H groups in total. The van der Waals surface area contributed by atoms with Crippen LogP contribution in [0, 0.1) is 22.2 Å². The Bertz CT molecular complexity index is 1760. The van der Waals surface area contributed by atoms with Crippen molar-refractivity contribution in [3.63, 3.8) is 0 Å². The largest absolute Gasteiger partial charge is 0.481 e. The normalized spacial score (nSPS) is 30.4. The summed E-state index contributed by atoms with van der Waals surface area (Å²) in [4.78, 5) is 32.4. The molecule has 268 valence electrons. The first-order chi connectivity index (χ1) is 23.6. The van der Waals surface area contributed by atoms with Gasteiger partial charge < -0.3 is 20.1 Å². The lowest BCUT2D eigenvalue weighted by molar-refractivity contribution is -0.179. The summed E-state index contributed by atoms with van der Waals surface area (Å²) in [5, 5.41) is 42.7. The van der Waals surface area contributed by atoms with Gasteiger partial charge in [0.25, 0.3) is 0 Å². The van der Waals surface area contributed by atoms with Gasteiger partial charge in [-0.15, -0.1) is 0 Å². The number of methoxy groups -OCH3 is 1. The van der Waals surface area contributed by atoms with Gasteiger partial charge >= 0.3 is 11.9 Å². The van der Waals surface area contributed by atoms with Gasteiger partial charge in [0, 0.05) is 15.5 Å². The number of hydrogen-bond acceptors (Lipinski definition) is 9. The van der Waals surface area contributed by atoms with Gasteiger partial charge in [-0.2, -0.15) is 10.2 Å². The number of aliphatic hydroxyl groups is 2. The molecule has 6 atom stereocenters. The van der Waals surface area contributed by atoms with Crippen molar-refractivity contribution in [2.75, 3.05) is 7.11 Å². The summed E-state index contributed by atoms with van der Waals surface area (Å²) >= 11 is 11.9. The summed E-state index contributed by atoms with van der Waals surface area (Å²) in [5.74, 6) is -1.49. The monoisotopic (exact) mass is 726 g/mol. The molecular weight excluding hydrogens is 683 g/mol. The quantitative estimate of drug-likeness (QED) is 0.183. The van der Waals surface area contributed by atoms with Crippen molar-refractivity contribution < 1.29 is 29.6 Å². The number of halogens is 2. The van der Waals surface area contributed by atoms with Crippen LogP contribution in [-0.4, -0.2) is 75.1 Å². The molecular formula is C36H44Cl2N6O6. The van der Waals surface area contributed by atoms with Crippen molar-refractivity contribution in [3.05, 3.63) is 95.0 Å². The minimum atomic E-state index is -1.47. The maximum absolute atomic E-state index is 12.5. The summed E-state index contributed by atoms with van der Waals surface area (Å²) in [5.41, 5.74) is -3.56. The van der Waals surface area contributed by atoms with Gasteiger partial charge in [0.2, 0.25) is 0 Å². The second kappa shape index (κ2) is 14.4. The van der Waals surface area contributed by atoms with Crippen LogP contribution in [0.15, 0.2) is 73.8 Å². The van der Waals surface area contributed by atoms with E-state index in [0.717, 1.165) is 17.5 Å². The van der Waals surface area contributed by atoms with Gasteiger partial charge in [-0.25, -0.2) is 9.97 Å². The Morgan fingerprint density at radius 3 is 1.86 bits per heavy atom. The minimum absolute atomic E-state index is 0.0832. The van der Waals surface area contributed by atoms with Gasteiger partial charge in [0.15, 0.2) is 0 Å². The van der Waals surface area contributed by atoms with Crippen molar-refractivity contribution >= 4 is 35.1 Å². The van der Waals surface area contributed by atoms with Crippen LogP contribution in [0.2, 0.25) is 10.0 Å². The lowest BCUT2D eigenvalue weighted by Gasteiger charge is -2.46. The molecule has 0 amide bonds. The molecule has 2 saturated carbocycles. The van der Waals surface area contributed by atoms with Crippen LogP contribution in [0.5, 0.6) is 0 Å². The van der Waals surface area contributed by atoms with Gasteiger partial charge in [0.05, 0.1) is 31.0 Å². The molecule has 0 bridgehead atoms. The summed E-state index contributed by atoms with van der Waals surface area (Å²) < 4.78 is 8.08. The second-order valence-corrected chi connectivity index (χ2v) is 15.2. The highest BCUT2D eigenvalue weighted by Gasteiger charge is 2.67. The maximum atomic E-state index is 12.5. The molecule has 12 nitrogen and oxygen atoms in total. The number of benzene rings is 2. The highest BCUT2D eigenvalue weighted by molar-refractivity contribution is 6.30. The highest BCUT2D eigenvalue weighted by atomic mass is 35.5. The molecule has 0 aliphatic heterocycles. The Labute approximate surface area is 301 Å². The first kappa shape index (κ1) is 37.4. The van der Waals surface area contributed by atoms with Crippen LogP contribution >= 0.6 is 23.2 Å². The van der Waals surface area contributed by atoms with Crippen LogP contribution in [-0.2, 0) is 40.3 Å². The first-order valence-electron chi connectivity index (χ1n) is 16.5. The van der Waals surface area contributed by atoms with Gasteiger partial charge in [-0.05, 0) is 93.7 Å². The fourth-order valence-electron chi connectivity index (χ4n) is 8.00.